The summed E-state index contributed by atoms with van der Waals surface area (Å²) in [6, 6.07) is 6.60. The quantitative estimate of drug-likeness (QED) is 0.618. The summed E-state index contributed by atoms with van der Waals surface area (Å²) in [6.45, 7) is 1.44. The summed E-state index contributed by atoms with van der Waals surface area (Å²) in [5, 5.41) is 11.2. The van der Waals surface area contributed by atoms with Gasteiger partial charge in [-0.05, 0) is 26.0 Å². The minimum atomic E-state index is -2.88. The van der Waals surface area contributed by atoms with E-state index in [4.69, 9.17) is 30.5 Å². The van der Waals surface area contributed by atoms with E-state index in [-0.39, 0.29) is 12.8 Å². The van der Waals surface area contributed by atoms with E-state index in [1.54, 1.807) is 38.1 Å². The van der Waals surface area contributed by atoms with Gasteiger partial charge < -0.3 is 14.9 Å². The third-order valence-electron chi connectivity index (χ3n) is 2.48. The molecule has 0 saturated carbocycles. The second kappa shape index (κ2) is 9.62. The van der Waals surface area contributed by atoms with Crippen LogP contribution in [-0.2, 0) is 30.4 Å². The number of carbonyl (C=O) groups is 2. The lowest BCUT2D eigenvalue weighted by Crippen LogP contribution is -2.13. The van der Waals surface area contributed by atoms with Gasteiger partial charge in [0.15, 0.2) is 0 Å². The molecule has 0 aliphatic carbocycles. The molecule has 9 heteroatoms. The maximum atomic E-state index is 11.6. The second-order valence-electron chi connectivity index (χ2n) is 4.34. The lowest BCUT2D eigenvalue weighted by Gasteiger charge is -2.21. The molecule has 0 spiro atoms. The first-order valence-electron chi connectivity index (χ1n) is 7.09. The van der Waals surface area contributed by atoms with Crippen molar-refractivity contribution in [3.05, 3.63) is 24.3 Å². The fraction of sp³-hybridized carbons (Fsp3) is 0.429. The Hall–Kier alpha value is -1.47. The van der Waals surface area contributed by atoms with Gasteiger partial charge in [-0.1, -0.05) is 6.07 Å². The number of carbonyl (C=O) groups excluding carboxylic acids is 1. The number of amides is 1. The van der Waals surface area contributed by atoms with Gasteiger partial charge in [0, 0.05) is 30.0 Å². The zero-order chi connectivity index (χ0) is 17.3. The number of rotatable bonds is 10. The number of benzene rings is 1. The minimum absolute atomic E-state index is 0.101. The largest absolute Gasteiger partial charge is 0.481 e. The van der Waals surface area contributed by atoms with Gasteiger partial charge in [0.1, 0.15) is 5.75 Å². The number of anilines is 1. The van der Waals surface area contributed by atoms with Gasteiger partial charge in [-0.25, -0.2) is 0 Å². The van der Waals surface area contributed by atoms with Gasteiger partial charge in [-0.2, -0.15) is 0 Å². The highest BCUT2D eigenvalue weighted by atomic mass is 32.5. The van der Waals surface area contributed by atoms with Gasteiger partial charge in [-0.3, -0.25) is 18.6 Å². The molecular formula is C14H20NO6PS. The van der Waals surface area contributed by atoms with Gasteiger partial charge in [0.05, 0.1) is 19.6 Å². The van der Waals surface area contributed by atoms with Gasteiger partial charge in [0.25, 0.3) is 0 Å². The van der Waals surface area contributed by atoms with E-state index in [1.165, 1.54) is 0 Å². The van der Waals surface area contributed by atoms with Crippen LogP contribution >= 0.6 is 6.72 Å². The Morgan fingerprint density at radius 3 is 2.43 bits per heavy atom. The molecule has 0 aliphatic heterocycles. The number of carboxylic acid groups (broad SMARTS) is 1. The van der Waals surface area contributed by atoms with Crippen LogP contribution in [-0.4, -0.2) is 30.2 Å². The molecule has 0 aliphatic rings. The third-order valence-corrected chi connectivity index (χ3v) is 4.91. The molecule has 0 radical (unpaired) electrons. The first-order valence-corrected chi connectivity index (χ1v) is 9.64. The van der Waals surface area contributed by atoms with E-state index in [2.05, 4.69) is 5.32 Å². The molecule has 7 nitrogen and oxygen atoms in total. The van der Waals surface area contributed by atoms with Crippen LogP contribution in [0.25, 0.3) is 0 Å². The Balaban J connectivity index is 2.74. The first-order chi connectivity index (χ1) is 10.9. The van der Waals surface area contributed by atoms with Crippen molar-refractivity contribution in [1.29, 1.82) is 0 Å². The van der Waals surface area contributed by atoms with Gasteiger partial charge in [0.2, 0.25) is 5.91 Å². The highest BCUT2D eigenvalue weighted by Gasteiger charge is 2.21. The Morgan fingerprint density at radius 1 is 1.22 bits per heavy atom. The Labute approximate surface area is 140 Å². The van der Waals surface area contributed by atoms with Crippen LogP contribution in [0.4, 0.5) is 5.69 Å². The van der Waals surface area contributed by atoms with Crippen molar-refractivity contribution in [3.8, 4) is 5.75 Å². The molecule has 1 aromatic rings. The highest BCUT2D eigenvalue weighted by molar-refractivity contribution is 8.07. The molecule has 0 unspecified atom stereocenters. The predicted molar refractivity (Wildman–Crippen MR) is 90.1 cm³/mol. The van der Waals surface area contributed by atoms with Crippen molar-refractivity contribution in [2.75, 3.05) is 18.5 Å². The molecule has 0 saturated heterocycles. The molecule has 1 rings (SSSR count). The van der Waals surface area contributed by atoms with Crippen LogP contribution in [0.5, 0.6) is 5.75 Å². The van der Waals surface area contributed by atoms with E-state index in [0.29, 0.717) is 24.7 Å². The van der Waals surface area contributed by atoms with Crippen LogP contribution in [0.15, 0.2) is 24.3 Å². The topological polar surface area (TPSA) is 94.1 Å². The number of nitrogens with one attached hydrogen (secondary N) is 1. The van der Waals surface area contributed by atoms with Crippen molar-refractivity contribution < 1.29 is 28.3 Å². The fourth-order valence-corrected chi connectivity index (χ4v) is 3.68. The van der Waals surface area contributed by atoms with Crippen LogP contribution in [0, 0.1) is 0 Å². The third kappa shape index (κ3) is 7.56. The summed E-state index contributed by atoms with van der Waals surface area (Å²) in [5.41, 5.74) is 0.479. The molecular weight excluding hydrogens is 341 g/mol. The molecule has 0 heterocycles. The summed E-state index contributed by atoms with van der Waals surface area (Å²) in [5.74, 6) is -1.00. The smallest absolute Gasteiger partial charge is 0.380 e. The first kappa shape index (κ1) is 19.6. The maximum Gasteiger partial charge on any atom is 0.380 e. The standard InChI is InChI=1S/C14H20NO6PS/c1-3-19-22(23,20-4-2)21-12-7-5-6-11(10-12)15-13(16)8-9-14(17)18/h5-7,10H,3-4,8-9H2,1-2H3,(H,15,16)(H,17,18). The van der Waals surface area contributed by atoms with Gasteiger partial charge in [-0.15, -0.1) is 0 Å². The van der Waals surface area contributed by atoms with Crippen LogP contribution in [0.1, 0.15) is 26.7 Å². The normalized spacial score (nSPS) is 11.0. The predicted octanol–water partition coefficient (Wildman–Crippen LogP) is 3.17. The summed E-state index contributed by atoms with van der Waals surface area (Å²) in [7, 11) is 0. The van der Waals surface area contributed by atoms with E-state index in [1.807, 2.05) is 0 Å². The molecule has 0 atom stereocenters. The Bertz CT molecular complexity index is 584. The molecule has 23 heavy (non-hydrogen) atoms. The summed E-state index contributed by atoms with van der Waals surface area (Å²) < 4.78 is 16.4. The summed E-state index contributed by atoms with van der Waals surface area (Å²) in [6.07, 6.45) is -0.326. The lowest BCUT2D eigenvalue weighted by molar-refractivity contribution is -0.138. The SMILES string of the molecule is CCOP(=S)(OCC)Oc1cccc(NC(=O)CCC(=O)O)c1. The molecule has 1 aromatic carbocycles. The van der Waals surface area contributed by atoms with Gasteiger partial charge >= 0.3 is 12.7 Å². The fourth-order valence-electron chi connectivity index (χ4n) is 1.61. The average molecular weight is 361 g/mol. The monoisotopic (exact) mass is 361 g/mol. The van der Waals surface area contributed by atoms with E-state index >= 15 is 0 Å². The average Bonchev–Trinajstić information content (AvgIpc) is 2.45. The van der Waals surface area contributed by atoms with Crippen LogP contribution < -0.4 is 9.84 Å². The number of hydrogen-bond acceptors (Lipinski definition) is 6. The zero-order valence-electron chi connectivity index (χ0n) is 13.0. The van der Waals surface area contributed by atoms with E-state index < -0.39 is 18.6 Å². The molecule has 1 amide bonds. The maximum absolute atomic E-state index is 11.6. The van der Waals surface area contributed by atoms with Crippen molar-refractivity contribution in [3.63, 3.8) is 0 Å². The molecule has 0 bridgehead atoms. The highest BCUT2D eigenvalue weighted by Crippen LogP contribution is 2.49. The lowest BCUT2D eigenvalue weighted by atomic mass is 10.2. The molecule has 128 valence electrons. The number of hydrogen-bond donors (Lipinski definition) is 2. The van der Waals surface area contributed by atoms with Crippen molar-refractivity contribution in [1.82, 2.24) is 0 Å². The Kier molecular flexibility index (Phi) is 8.19. The van der Waals surface area contributed by atoms with E-state index in [9.17, 15) is 9.59 Å². The second-order valence-corrected chi connectivity index (χ2v) is 7.28. The van der Waals surface area contributed by atoms with Crippen LogP contribution in [0.3, 0.4) is 0 Å². The minimum Gasteiger partial charge on any atom is -0.481 e. The van der Waals surface area contributed by atoms with Crippen LogP contribution in [0.2, 0.25) is 0 Å². The summed E-state index contributed by atoms with van der Waals surface area (Å²) >= 11 is 5.28. The van der Waals surface area contributed by atoms with Crippen molar-refractivity contribution in [2.24, 2.45) is 0 Å². The molecule has 2 N–H and O–H groups in total. The van der Waals surface area contributed by atoms with Crippen molar-refractivity contribution >= 4 is 36.1 Å². The van der Waals surface area contributed by atoms with E-state index in [0.717, 1.165) is 0 Å². The summed E-state index contributed by atoms with van der Waals surface area (Å²) in [4.78, 5) is 22.1. The van der Waals surface area contributed by atoms with Crippen molar-refractivity contribution in [2.45, 2.75) is 26.7 Å². The molecule has 0 fully saturated rings. The zero-order valence-corrected chi connectivity index (χ0v) is 14.7. The molecule has 0 aromatic heterocycles. The number of carboxylic acids is 1. The Morgan fingerprint density at radius 2 is 1.87 bits per heavy atom. The number of aliphatic carboxylic acids is 1.